The van der Waals surface area contributed by atoms with Crippen LogP contribution in [-0.2, 0) is 16.0 Å². The molecule has 1 aromatic heterocycles. The summed E-state index contributed by atoms with van der Waals surface area (Å²) in [6, 6.07) is 0. The van der Waals surface area contributed by atoms with Gasteiger partial charge in [-0.3, -0.25) is 4.79 Å². The van der Waals surface area contributed by atoms with Crippen molar-refractivity contribution in [2.75, 3.05) is 13.2 Å². The molecule has 1 aliphatic rings. The quantitative estimate of drug-likeness (QED) is 0.863. The molecule has 0 radical (unpaired) electrons. The molecule has 0 bridgehead atoms. The van der Waals surface area contributed by atoms with E-state index in [1.807, 2.05) is 13.8 Å². The molecular formula is C13H20N2O3. The smallest absolute Gasteiger partial charge is 0.220 e. The number of amides is 1. The van der Waals surface area contributed by atoms with Crippen molar-refractivity contribution in [1.29, 1.82) is 0 Å². The molecular weight excluding hydrogens is 232 g/mol. The molecule has 2 heterocycles. The number of aryl methyl sites for hydroxylation is 2. The summed E-state index contributed by atoms with van der Waals surface area (Å²) in [6.07, 6.45) is 3.49. The van der Waals surface area contributed by atoms with Gasteiger partial charge in [-0.2, -0.15) is 0 Å². The van der Waals surface area contributed by atoms with Crippen molar-refractivity contribution in [3.05, 3.63) is 17.0 Å². The lowest BCUT2D eigenvalue weighted by Crippen LogP contribution is -2.31. The SMILES string of the molecule is Cc1noc(C)c1CCC(=O)NCC1CCCO1. The zero-order valence-corrected chi connectivity index (χ0v) is 11.0. The van der Waals surface area contributed by atoms with Crippen molar-refractivity contribution >= 4 is 5.91 Å². The summed E-state index contributed by atoms with van der Waals surface area (Å²) in [4.78, 5) is 11.7. The van der Waals surface area contributed by atoms with Crippen molar-refractivity contribution in [3.8, 4) is 0 Å². The number of aromatic nitrogens is 1. The van der Waals surface area contributed by atoms with E-state index in [2.05, 4.69) is 10.5 Å². The van der Waals surface area contributed by atoms with E-state index in [1.54, 1.807) is 0 Å². The lowest BCUT2D eigenvalue weighted by Gasteiger charge is -2.10. The third kappa shape index (κ3) is 3.32. The monoisotopic (exact) mass is 252 g/mol. The lowest BCUT2D eigenvalue weighted by molar-refractivity contribution is -0.121. The summed E-state index contributed by atoms with van der Waals surface area (Å²) in [6.45, 7) is 5.22. The minimum atomic E-state index is 0.0606. The van der Waals surface area contributed by atoms with Crippen LogP contribution in [0.3, 0.4) is 0 Å². The Morgan fingerprint density at radius 1 is 1.50 bits per heavy atom. The fraction of sp³-hybridized carbons (Fsp3) is 0.692. The second-order valence-electron chi connectivity index (χ2n) is 4.74. The first-order valence-corrected chi connectivity index (χ1v) is 6.47. The van der Waals surface area contributed by atoms with E-state index >= 15 is 0 Å². The molecule has 0 spiro atoms. The average Bonchev–Trinajstić information content (AvgIpc) is 2.96. The summed E-state index contributed by atoms with van der Waals surface area (Å²) in [5.74, 6) is 0.866. The van der Waals surface area contributed by atoms with Crippen LogP contribution in [0.25, 0.3) is 0 Å². The van der Waals surface area contributed by atoms with Crippen LogP contribution in [0, 0.1) is 13.8 Å². The molecule has 0 aromatic carbocycles. The zero-order valence-electron chi connectivity index (χ0n) is 11.0. The highest BCUT2D eigenvalue weighted by atomic mass is 16.5. The van der Waals surface area contributed by atoms with Crippen LogP contribution >= 0.6 is 0 Å². The first-order valence-electron chi connectivity index (χ1n) is 6.47. The van der Waals surface area contributed by atoms with Gasteiger partial charge in [-0.15, -0.1) is 0 Å². The highest BCUT2D eigenvalue weighted by molar-refractivity contribution is 5.76. The molecule has 1 N–H and O–H groups in total. The molecule has 18 heavy (non-hydrogen) atoms. The predicted molar refractivity (Wildman–Crippen MR) is 66.3 cm³/mol. The Bertz CT molecular complexity index is 389. The summed E-state index contributed by atoms with van der Waals surface area (Å²) in [5.41, 5.74) is 1.92. The van der Waals surface area contributed by atoms with E-state index in [1.165, 1.54) is 0 Å². The van der Waals surface area contributed by atoms with Crippen LogP contribution in [0.15, 0.2) is 4.52 Å². The second kappa shape index (κ2) is 6.00. The van der Waals surface area contributed by atoms with E-state index in [0.29, 0.717) is 19.4 Å². The largest absolute Gasteiger partial charge is 0.376 e. The number of nitrogens with one attached hydrogen (secondary N) is 1. The Labute approximate surface area is 107 Å². The Kier molecular flexibility index (Phi) is 4.36. The van der Waals surface area contributed by atoms with Crippen LogP contribution in [0.4, 0.5) is 0 Å². The third-order valence-corrected chi connectivity index (χ3v) is 3.33. The first-order chi connectivity index (χ1) is 8.66. The van der Waals surface area contributed by atoms with E-state index in [0.717, 1.165) is 36.5 Å². The molecule has 1 saturated heterocycles. The Hall–Kier alpha value is -1.36. The van der Waals surface area contributed by atoms with Crippen molar-refractivity contribution in [3.63, 3.8) is 0 Å². The molecule has 5 nitrogen and oxygen atoms in total. The molecule has 1 amide bonds. The molecule has 2 rings (SSSR count). The maximum atomic E-state index is 11.7. The predicted octanol–water partition coefficient (Wildman–Crippen LogP) is 1.52. The second-order valence-corrected chi connectivity index (χ2v) is 4.74. The van der Waals surface area contributed by atoms with Crippen molar-refractivity contribution in [1.82, 2.24) is 10.5 Å². The summed E-state index contributed by atoms with van der Waals surface area (Å²) in [5, 5.41) is 6.79. The molecule has 0 aliphatic carbocycles. The third-order valence-electron chi connectivity index (χ3n) is 3.33. The van der Waals surface area contributed by atoms with Gasteiger partial charge in [0, 0.05) is 25.1 Å². The number of hydrogen-bond donors (Lipinski definition) is 1. The number of hydrogen-bond acceptors (Lipinski definition) is 4. The van der Waals surface area contributed by atoms with Gasteiger partial charge in [0.1, 0.15) is 5.76 Å². The number of nitrogens with zero attached hydrogens (tertiary/aromatic N) is 1. The van der Waals surface area contributed by atoms with Gasteiger partial charge in [0.15, 0.2) is 0 Å². The van der Waals surface area contributed by atoms with Crippen molar-refractivity contribution < 1.29 is 14.1 Å². The molecule has 0 saturated carbocycles. The normalized spacial score (nSPS) is 19.1. The van der Waals surface area contributed by atoms with E-state index in [4.69, 9.17) is 9.26 Å². The lowest BCUT2D eigenvalue weighted by atomic mass is 10.1. The zero-order chi connectivity index (χ0) is 13.0. The van der Waals surface area contributed by atoms with Crippen molar-refractivity contribution in [2.24, 2.45) is 0 Å². The van der Waals surface area contributed by atoms with Gasteiger partial charge in [-0.25, -0.2) is 0 Å². The summed E-state index contributed by atoms with van der Waals surface area (Å²) >= 11 is 0. The Morgan fingerprint density at radius 3 is 2.94 bits per heavy atom. The fourth-order valence-corrected chi connectivity index (χ4v) is 2.22. The van der Waals surface area contributed by atoms with Gasteiger partial charge in [0.2, 0.25) is 5.91 Å². The van der Waals surface area contributed by atoms with E-state index < -0.39 is 0 Å². The molecule has 1 atom stereocenters. The van der Waals surface area contributed by atoms with Gasteiger partial charge in [-0.05, 0) is 33.1 Å². The minimum absolute atomic E-state index is 0.0606. The van der Waals surface area contributed by atoms with Gasteiger partial charge < -0.3 is 14.6 Å². The van der Waals surface area contributed by atoms with Crippen molar-refractivity contribution in [2.45, 2.75) is 45.6 Å². The standard InChI is InChI=1S/C13H20N2O3/c1-9-12(10(2)18-15-9)5-6-13(16)14-8-11-4-3-7-17-11/h11H,3-8H2,1-2H3,(H,14,16). The minimum Gasteiger partial charge on any atom is -0.376 e. The average molecular weight is 252 g/mol. The maximum absolute atomic E-state index is 11.7. The topological polar surface area (TPSA) is 64.4 Å². The fourth-order valence-electron chi connectivity index (χ4n) is 2.22. The Balaban J connectivity index is 1.71. The molecule has 1 fully saturated rings. The van der Waals surface area contributed by atoms with Gasteiger partial charge >= 0.3 is 0 Å². The van der Waals surface area contributed by atoms with Crippen LogP contribution in [0.2, 0.25) is 0 Å². The van der Waals surface area contributed by atoms with Crippen LogP contribution < -0.4 is 5.32 Å². The number of carbonyl (C=O) groups is 1. The molecule has 1 unspecified atom stereocenters. The van der Waals surface area contributed by atoms with E-state index in [-0.39, 0.29) is 12.0 Å². The Morgan fingerprint density at radius 2 is 2.33 bits per heavy atom. The van der Waals surface area contributed by atoms with Gasteiger partial charge in [0.05, 0.1) is 11.8 Å². The molecule has 1 aromatic rings. The van der Waals surface area contributed by atoms with Crippen LogP contribution in [-0.4, -0.2) is 30.3 Å². The number of ether oxygens (including phenoxy) is 1. The van der Waals surface area contributed by atoms with Gasteiger partial charge in [-0.1, -0.05) is 5.16 Å². The highest BCUT2D eigenvalue weighted by Crippen LogP contribution is 2.14. The summed E-state index contributed by atoms with van der Waals surface area (Å²) in [7, 11) is 0. The summed E-state index contributed by atoms with van der Waals surface area (Å²) < 4.78 is 10.5. The molecule has 100 valence electrons. The molecule has 5 heteroatoms. The van der Waals surface area contributed by atoms with Crippen LogP contribution in [0.5, 0.6) is 0 Å². The number of carbonyl (C=O) groups excluding carboxylic acids is 1. The molecule has 1 aliphatic heterocycles. The van der Waals surface area contributed by atoms with Crippen LogP contribution in [0.1, 0.15) is 36.3 Å². The first kappa shape index (κ1) is 13.1. The highest BCUT2D eigenvalue weighted by Gasteiger charge is 2.16. The van der Waals surface area contributed by atoms with E-state index in [9.17, 15) is 4.79 Å². The number of rotatable bonds is 5. The maximum Gasteiger partial charge on any atom is 0.220 e. The van der Waals surface area contributed by atoms with Gasteiger partial charge in [0.25, 0.3) is 0 Å².